The van der Waals surface area contributed by atoms with Crippen molar-refractivity contribution >= 4 is 35.4 Å². The van der Waals surface area contributed by atoms with E-state index >= 15 is 0 Å². The molecule has 1 fully saturated rings. The van der Waals surface area contributed by atoms with Crippen LogP contribution in [0.15, 0.2) is 18.6 Å². The lowest BCUT2D eigenvalue weighted by atomic mass is 9.84. The zero-order valence-electron chi connectivity index (χ0n) is 26.4. The molecule has 4 amide bonds. The van der Waals surface area contributed by atoms with Crippen molar-refractivity contribution in [2.45, 2.75) is 117 Å². The summed E-state index contributed by atoms with van der Waals surface area (Å²) in [5, 5.41) is 20.0. The maximum absolute atomic E-state index is 13.7. The first-order chi connectivity index (χ1) is 20.9. The summed E-state index contributed by atoms with van der Waals surface area (Å²) in [5.41, 5.74) is 0.0496. The van der Waals surface area contributed by atoms with E-state index in [-0.39, 0.29) is 29.9 Å². The van der Waals surface area contributed by atoms with Gasteiger partial charge in [-0.1, -0.05) is 73.1 Å². The van der Waals surface area contributed by atoms with Crippen molar-refractivity contribution < 1.29 is 33.9 Å². The minimum Gasteiger partial charge on any atom is -0.475 e. The van der Waals surface area contributed by atoms with E-state index in [0.29, 0.717) is 19.3 Å². The van der Waals surface area contributed by atoms with E-state index in [2.05, 4.69) is 31.2 Å². The molecule has 244 valence electrons. The second kappa shape index (κ2) is 18.0. The number of carbonyl (C=O) groups excluding carboxylic acids is 5. The fourth-order valence-electron chi connectivity index (χ4n) is 5.33. The van der Waals surface area contributed by atoms with Gasteiger partial charge in [-0.2, -0.15) is 0 Å². The van der Waals surface area contributed by atoms with Crippen LogP contribution in [0.3, 0.4) is 0 Å². The average Bonchev–Trinajstić information content (AvgIpc) is 3.01. The van der Waals surface area contributed by atoms with Gasteiger partial charge in [0.25, 0.3) is 11.7 Å². The van der Waals surface area contributed by atoms with E-state index in [1.807, 2.05) is 20.8 Å². The van der Waals surface area contributed by atoms with Crippen LogP contribution in [0.5, 0.6) is 0 Å². The van der Waals surface area contributed by atoms with Crippen LogP contribution in [0, 0.1) is 17.8 Å². The van der Waals surface area contributed by atoms with Gasteiger partial charge in [-0.3, -0.25) is 29.0 Å². The first-order valence-corrected chi connectivity index (χ1v) is 15.6. The van der Waals surface area contributed by atoms with Crippen molar-refractivity contribution in [2.75, 3.05) is 0 Å². The summed E-state index contributed by atoms with van der Waals surface area (Å²) in [6, 6.07) is -4.25. The molecule has 13 heteroatoms. The summed E-state index contributed by atoms with van der Waals surface area (Å²) in [5.74, 6) is -5.26. The lowest BCUT2D eigenvalue weighted by molar-refractivity contribution is -0.150. The third-order valence-corrected chi connectivity index (χ3v) is 8.10. The molecule has 0 spiro atoms. The number of nitrogens with zero attached hydrogens (tertiary/aromatic N) is 2. The maximum Gasteiger partial charge on any atom is 0.374 e. The lowest BCUT2D eigenvalue weighted by Crippen LogP contribution is -2.59. The quantitative estimate of drug-likeness (QED) is 0.163. The molecule has 1 heterocycles. The molecule has 5 atom stereocenters. The van der Waals surface area contributed by atoms with E-state index in [4.69, 9.17) is 5.11 Å². The number of aromatic nitrogens is 2. The van der Waals surface area contributed by atoms with E-state index < -0.39 is 59.5 Å². The summed E-state index contributed by atoms with van der Waals surface area (Å²) in [6.07, 6.45) is 10.2. The molecule has 1 aromatic rings. The normalized spacial score (nSPS) is 17.0. The molecule has 2 rings (SSSR count). The Labute approximate surface area is 259 Å². The van der Waals surface area contributed by atoms with Crippen LogP contribution in [0.25, 0.3) is 0 Å². The number of hydrogen-bond donors (Lipinski definition) is 5. The summed E-state index contributed by atoms with van der Waals surface area (Å²) >= 11 is 0. The van der Waals surface area contributed by atoms with E-state index in [9.17, 15) is 28.8 Å². The van der Waals surface area contributed by atoms with Gasteiger partial charge in [0.2, 0.25) is 17.7 Å². The number of carboxylic acids is 1. The maximum atomic E-state index is 13.7. The number of carbonyl (C=O) groups is 6. The summed E-state index contributed by atoms with van der Waals surface area (Å²) in [6.45, 7) is 9.07. The van der Waals surface area contributed by atoms with Crippen molar-refractivity contribution in [3.8, 4) is 0 Å². The monoisotopic (exact) mass is 616 g/mol. The zero-order chi connectivity index (χ0) is 32.8. The Morgan fingerprint density at radius 3 is 2.00 bits per heavy atom. The van der Waals surface area contributed by atoms with Gasteiger partial charge >= 0.3 is 5.97 Å². The molecule has 0 saturated heterocycles. The van der Waals surface area contributed by atoms with Crippen molar-refractivity contribution in [2.24, 2.45) is 17.8 Å². The van der Waals surface area contributed by atoms with Gasteiger partial charge in [0.15, 0.2) is 0 Å². The molecule has 5 N–H and O–H groups in total. The van der Waals surface area contributed by atoms with E-state index in [1.165, 1.54) is 18.6 Å². The fraction of sp³-hybridized carbons (Fsp3) is 0.677. The Morgan fingerprint density at radius 1 is 0.818 bits per heavy atom. The number of nitrogens with one attached hydrogen (secondary N) is 4. The van der Waals surface area contributed by atoms with Crippen molar-refractivity contribution in [3.63, 3.8) is 0 Å². The highest BCUT2D eigenvalue weighted by Gasteiger charge is 2.35. The van der Waals surface area contributed by atoms with E-state index in [1.54, 1.807) is 13.8 Å². The first-order valence-electron chi connectivity index (χ1n) is 15.6. The summed E-state index contributed by atoms with van der Waals surface area (Å²) in [7, 11) is 0. The van der Waals surface area contributed by atoms with Gasteiger partial charge in [-0.05, 0) is 37.0 Å². The van der Waals surface area contributed by atoms with Gasteiger partial charge in [-0.15, -0.1) is 0 Å². The fourth-order valence-corrected chi connectivity index (χ4v) is 5.33. The van der Waals surface area contributed by atoms with Gasteiger partial charge in [0, 0.05) is 12.4 Å². The Bertz CT molecular complexity index is 1140. The molecule has 0 aromatic carbocycles. The van der Waals surface area contributed by atoms with Crippen LogP contribution in [-0.4, -0.2) is 74.6 Å². The standard InChI is InChI=1S/C31H48N6O7/c1-6-19(5)25(37-28(40)22(15-18(3)4)35-29(41)24-17-32-13-14-33-24)30(42)36-23(16-20-11-9-8-10-12-20)27(39)34-21(7-2)26(38)31(43)44/h13-14,17-23,25H,6-12,15-16H2,1-5H3,(H,34,39)(H,35,41)(H,36,42)(H,37,40)(H,43,44). The van der Waals surface area contributed by atoms with Crippen LogP contribution in [-0.2, 0) is 24.0 Å². The van der Waals surface area contributed by atoms with Gasteiger partial charge < -0.3 is 26.4 Å². The van der Waals surface area contributed by atoms with Crippen LogP contribution >= 0.6 is 0 Å². The third-order valence-electron chi connectivity index (χ3n) is 8.10. The smallest absolute Gasteiger partial charge is 0.374 e. The first kappa shape index (κ1) is 36.3. The number of aliphatic carboxylic acids is 1. The summed E-state index contributed by atoms with van der Waals surface area (Å²) < 4.78 is 0. The number of ketones is 1. The molecule has 1 aromatic heterocycles. The number of Topliss-reactive ketones (excluding diaryl/α,β-unsaturated/α-hetero) is 1. The third kappa shape index (κ3) is 11.3. The van der Waals surface area contributed by atoms with Crippen molar-refractivity contribution in [1.29, 1.82) is 0 Å². The molecular formula is C31H48N6O7. The second-order valence-corrected chi connectivity index (χ2v) is 12.1. The minimum absolute atomic E-state index is 0.0346. The lowest BCUT2D eigenvalue weighted by Gasteiger charge is -2.31. The molecule has 0 bridgehead atoms. The molecule has 0 aliphatic heterocycles. The summed E-state index contributed by atoms with van der Waals surface area (Å²) in [4.78, 5) is 84.7. The molecule has 5 unspecified atom stereocenters. The number of amides is 4. The number of hydrogen-bond acceptors (Lipinski definition) is 8. The second-order valence-electron chi connectivity index (χ2n) is 12.1. The largest absolute Gasteiger partial charge is 0.475 e. The topological polar surface area (TPSA) is 197 Å². The van der Waals surface area contributed by atoms with Gasteiger partial charge in [-0.25, -0.2) is 9.78 Å². The van der Waals surface area contributed by atoms with E-state index in [0.717, 1.165) is 32.1 Å². The molecule has 1 saturated carbocycles. The molecule has 13 nitrogen and oxygen atoms in total. The molecule has 1 aliphatic carbocycles. The SMILES string of the molecule is CCC(NC(=O)C(CC1CCCCC1)NC(=O)C(NC(=O)C(CC(C)C)NC(=O)c1cnccn1)C(C)CC)C(=O)C(=O)O. The average molecular weight is 617 g/mol. The number of rotatable bonds is 17. The molecule has 1 aliphatic rings. The van der Waals surface area contributed by atoms with Crippen LogP contribution in [0.1, 0.15) is 103 Å². The van der Waals surface area contributed by atoms with Crippen LogP contribution in [0.2, 0.25) is 0 Å². The molecular weight excluding hydrogens is 568 g/mol. The Kier molecular flexibility index (Phi) is 14.9. The Balaban J connectivity index is 2.26. The van der Waals surface area contributed by atoms with Crippen LogP contribution < -0.4 is 21.3 Å². The molecule has 44 heavy (non-hydrogen) atoms. The predicted molar refractivity (Wildman–Crippen MR) is 162 cm³/mol. The zero-order valence-corrected chi connectivity index (χ0v) is 26.4. The van der Waals surface area contributed by atoms with Crippen molar-refractivity contribution in [1.82, 2.24) is 31.2 Å². The van der Waals surface area contributed by atoms with Crippen LogP contribution in [0.4, 0.5) is 0 Å². The Hall–Kier alpha value is -3.90. The highest BCUT2D eigenvalue weighted by Crippen LogP contribution is 2.27. The highest BCUT2D eigenvalue weighted by molar-refractivity contribution is 6.35. The number of carboxylic acid groups (broad SMARTS) is 1. The minimum atomic E-state index is -1.65. The predicted octanol–water partition coefficient (Wildman–Crippen LogP) is 2.16. The van der Waals surface area contributed by atoms with Crippen molar-refractivity contribution in [3.05, 3.63) is 24.3 Å². The molecule has 0 radical (unpaired) electrons. The van der Waals surface area contributed by atoms with Gasteiger partial charge in [0.05, 0.1) is 12.2 Å². The highest BCUT2D eigenvalue weighted by atomic mass is 16.4. The Morgan fingerprint density at radius 2 is 1.45 bits per heavy atom. The van der Waals surface area contributed by atoms with Gasteiger partial charge in [0.1, 0.15) is 23.8 Å².